The second-order valence-electron chi connectivity index (χ2n) is 24.3. The Morgan fingerprint density at radius 1 is 0.434 bits per heavy atom. The fourth-order valence-corrected chi connectivity index (χ4v) is 10.4. The molecule has 1 amide bonds. The molecule has 9 nitrogen and oxygen atoms in total. The Labute approximate surface area is 513 Å². The van der Waals surface area contributed by atoms with Crippen LogP contribution in [0.2, 0.25) is 0 Å². The van der Waals surface area contributed by atoms with Gasteiger partial charge in [-0.2, -0.15) is 0 Å². The molecule has 0 saturated heterocycles. The van der Waals surface area contributed by atoms with Gasteiger partial charge in [0.2, 0.25) is 5.91 Å². The second-order valence-corrected chi connectivity index (χ2v) is 25.7. The summed E-state index contributed by atoms with van der Waals surface area (Å²) in [6.45, 7) is 6.72. The van der Waals surface area contributed by atoms with Gasteiger partial charge < -0.3 is 28.5 Å². The van der Waals surface area contributed by atoms with Crippen LogP contribution < -0.4 is 10.2 Å². The van der Waals surface area contributed by atoms with Gasteiger partial charge >= 0.3 is 5.97 Å². The number of carbonyl (C=O) groups excluding carboxylic acids is 2. The fourth-order valence-electron chi connectivity index (χ4n) is 9.70. The Kier molecular flexibility index (Phi) is 59.7. The van der Waals surface area contributed by atoms with Crippen molar-refractivity contribution in [3.8, 4) is 0 Å². The molecule has 0 aliphatic carbocycles. The van der Waals surface area contributed by atoms with Gasteiger partial charge in [-0.25, -0.2) is 0 Å². The number of unbranched alkanes of at least 4 members (excludes halogenated alkanes) is 32. The molecule has 0 aliphatic rings. The summed E-state index contributed by atoms with van der Waals surface area (Å²) in [6.07, 6.45) is 83.8. The van der Waals surface area contributed by atoms with Crippen LogP contribution in [-0.4, -0.2) is 69.4 Å². The number of esters is 1. The Morgan fingerprint density at radius 2 is 0.771 bits per heavy atom. The molecule has 0 heterocycles. The van der Waals surface area contributed by atoms with E-state index in [1.165, 1.54) is 154 Å². The normalized spacial score (nSPS) is 14.2. The smallest absolute Gasteiger partial charge is 0.306 e. The van der Waals surface area contributed by atoms with Crippen molar-refractivity contribution in [2.24, 2.45) is 0 Å². The largest absolute Gasteiger partial charge is 0.756 e. The van der Waals surface area contributed by atoms with E-state index in [0.29, 0.717) is 17.4 Å². The first-order chi connectivity index (χ1) is 40.4. The number of carbonyl (C=O) groups is 2. The van der Waals surface area contributed by atoms with Gasteiger partial charge in [0.1, 0.15) is 19.3 Å². The third-order valence-electron chi connectivity index (χ3n) is 15.0. The highest BCUT2D eigenvalue weighted by molar-refractivity contribution is 7.45. The maximum atomic E-state index is 13.6. The highest BCUT2D eigenvalue weighted by Gasteiger charge is 2.27. The van der Waals surface area contributed by atoms with Crippen molar-refractivity contribution in [3.05, 3.63) is 97.2 Å². The standard InChI is InChI=1S/C73H131N2O7P/c1-7-10-13-16-19-22-25-28-30-32-33-34-35-36-37-38-39-40-41-43-45-48-51-54-57-60-63-66-73(77)82-71(64-61-58-55-52-49-46-27-24-21-18-15-12-9-3)70(69-81-83(78,79)80-68-67-75(4,5)6)74-72(76)65-62-59-56-53-50-47-44-42-31-29-26-23-20-17-14-11-8-2/h10,13,19-20,22-23,28-31,33-34,36-37,61,64,70-71H,7-9,11-12,14-18,21,24-27,32,35,38-60,62-63,65-69H2,1-6H3,(H-,74,76,78,79)/b13-10-,22-19-,23-20-,30-28-,31-29-,34-33-,37-36-,64-61-. The number of phosphoric acid groups is 1. The lowest BCUT2D eigenvalue weighted by molar-refractivity contribution is -0.870. The number of nitrogens with one attached hydrogen (secondary N) is 1. The zero-order valence-electron chi connectivity index (χ0n) is 54.9. The fraction of sp³-hybridized carbons (Fsp3) is 0.753. The molecule has 1 N–H and O–H groups in total. The second kappa shape index (κ2) is 62.0. The quantitative estimate of drug-likeness (QED) is 0.0212. The van der Waals surface area contributed by atoms with Crippen molar-refractivity contribution >= 4 is 19.7 Å². The average Bonchev–Trinajstić information content (AvgIpc) is 3.47. The minimum Gasteiger partial charge on any atom is -0.756 e. The van der Waals surface area contributed by atoms with Crippen LogP contribution in [-0.2, 0) is 27.9 Å². The van der Waals surface area contributed by atoms with Crippen molar-refractivity contribution in [3.63, 3.8) is 0 Å². The van der Waals surface area contributed by atoms with Crippen LogP contribution in [0.3, 0.4) is 0 Å². The van der Waals surface area contributed by atoms with E-state index in [1.807, 2.05) is 33.3 Å². The van der Waals surface area contributed by atoms with Crippen molar-refractivity contribution in [2.75, 3.05) is 40.9 Å². The minimum absolute atomic E-state index is 0.0276. The van der Waals surface area contributed by atoms with Gasteiger partial charge in [-0.3, -0.25) is 14.2 Å². The summed E-state index contributed by atoms with van der Waals surface area (Å²) < 4.78 is 30.4. The highest BCUT2D eigenvalue weighted by atomic mass is 31.2. The molecule has 0 saturated carbocycles. The molecule has 0 aliphatic heterocycles. The molecular formula is C73H131N2O7P. The number of likely N-dealkylation sites (N-methyl/N-ethyl adjacent to an activating group) is 1. The lowest BCUT2D eigenvalue weighted by Crippen LogP contribution is -2.47. The van der Waals surface area contributed by atoms with E-state index in [1.54, 1.807) is 0 Å². The van der Waals surface area contributed by atoms with Gasteiger partial charge in [0.25, 0.3) is 7.82 Å². The summed E-state index contributed by atoms with van der Waals surface area (Å²) in [5, 5.41) is 3.03. The number of ether oxygens (including phenoxy) is 1. The van der Waals surface area contributed by atoms with Crippen LogP contribution >= 0.6 is 7.82 Å². The third kappa shape index (κ3) is 63.3. The number of quaternary nitrogens is 1. The lowest BCUT2D eigenvalue weighted by Gasteiger charge is -2.30. The van der Waals surface area contributed by atoms with E-state index >= 15 is 0 Å². The summed E-state index contributed by atoms with van der Waals surface area (Å²) in [6, 6.07) is -0.899. The molecule has 10 heteroatoms. The van der Waals surface area contributed by atoms with Crippen molar-refractivity contribution in [1.82, 2.24) is 5.32 Å². The van der Waals surface area contributed by atoms with Crippen LogP contribution in [0.25, 0.3) is 0 Å². The van der Waals surface area contributed by atoms with Crippen LogP contribution in [0, 0.1) is 0 Å². The van der Waals surface area contributed by atoms with Gasteiger partial charge in [0, 0.05) is 12.8 Å². The van der Waals surface area contributed by atoms with Gasteiger partial charge in [0.15, 0.2) is 0 Å². The van der Waals surface area contributed by atoms with Crippen LogP contribution in [0.5, 0.6) is 0 Å². The molecule has 0 aromatic rings. The van der Waals surface area contributed by atoms with Gasteiger partial charge in [-0.1, -0.05) is 279 Å². The lowest BCUT2D eigenvalue weighted by atomic mass is 10.0. The number of allylic oxidation sites excluding steroid dienone is 15. The minimum atomic E-state index is -4.71. The first-order valence-electron chi connectivity index (χ1n) is 34.5. The number of amides is 1. The zero-order chi connectivity index (χ0) is 60.7. The average molecular weight is 1180 g/mol. The molecule has 0 rings (SSSR count). The molecule has 3 unspecified atom stereocenters. The molecule has 83 heavy (non-hydrogen) atoms. The Balaban J connectivity index is 5.11. The summed E-state index contributed by atoms with van der Waals surface area (Å²) in [7, 11) is 1.17. The molecule has 3 atom stereocenters. The number of hydrogen-bond donors (Lipinski definition) is 1. The van der Waals surface area contributed by atoms with Crippen molar-refractivity contribution in [2.45, 2.75) is 315 Å². The zero-order valence-corrected chi connectivity index (χ0v) is 55.8. The molecule has 0 aromatic carbocycles. The number of nitrogens with zero attached hydrogens (tertiary/aromatic N) is 1. The van der Waals surface area contributed by atoms with Gasteiger partial charge in [-0.15, -0.1) is 0 Å². The molecule has 0 spiro atoms. The number of phosphoric ester groups is 1. The number of hydrogen-bond acceptors (Lipinski definition) is 7. The topological polar surface area (TPSA) is 114 Å². The van der Waals surface area contributed by atoms with Crippen LogP contribution in [0.4, 0.5) is 0 Å². The Bertz CT molecular complexity index is 1740. The maximum absolute atomic E-state index is 13.6. The molecule has 0 aromatic heterocycles. The molecule has 0 bridgehead atoms. The monoisotopic (exact) mass is 1180 g/mol. The third-order valence-corrected chi connectivity index (χ3v) is 16.0. The van der Waals surface area contributed by atoms with Crippen molar-refractivity contribution < 1.29 is 37.3 Å². The van der Waals surface area contributed by atoms with E-state index < -0.39 is 26.6 Å². The molecular weight excluding hydrogens is 1050 g/mol. The van der Waals surface area contributed by atoms with E-state index in [0.717, 1.165) is 116 Å². The van der Waals surface area contributed by atoms with Crippen molar-refractivity contribution in [1.29, 1.82) is 0 Å². The Morgan fingerprint density at radius 3 is 1.18 bits per heavy atom. The molecule has 0 fully saturated rings. The van der Waals surface area contributed by atoms with E-state index in [9.17, 15) is 19.0 Å². The SMILES string of the molecule is CC/C=C\C/C=C\C/C=C\C/C=C\C/C=C\CCCCCCCCCCCCCC(=O)OC(/C=C\CCCCCCCCCCCCC)C(COP(=O)([O-])OCC[N+](C)(C)C)NC(=O)CCCCCCCCC/C=C\C/C=C\CCCCC. The predicted octanol–water partition coefficient (Wildman–Crippen LogP) is 21.3. The van der Waals surface area contributed by atoms with Crippen LogP contribution in [0.1, 0.15) is 303 Å². The summed E-state index contributed by atoms with van der Waals surface area (Å²) in [4.78, 5) is 40.2. The molecule has 480 valence electrons. The van der Waals surface area contributed by atoms with E-state index in [-0.39, 0.29) is 24.9 Å². The van der Waals surface area contributed by atoms with E-state index in [4.69, 9.17) is 13.8 Å². The Hall–Kier alpha value is -3.07. The summed E-state index contributed by atoms with van der Waals surface area (Å²) in [5.74, 6) is -0.550. The van der Waals surface area contributed by atoms with Crippen LogP contribution in [0.15, 0.2) is 97.2 Å². The van der Waals surface area contributed by atoms with E-state index in [2.05, 4.69) is 111 Å². The highest BCUT2D eigenvalue weighted by Crippen LogP contribution is 2.38. The first-order valence-corrected chi connectivity index (χ1v) is 36.0. The summed E-state index contributed by atoms with van der Waals surface area (Å²) in [5.41, 5.74) is 0. The molecule has 0 radical (unpaired) electrons. The predicted molar refractivity (Wildman–Crippen MR) is 358 cm³/mol. The van der Waals surface area contributed by atoms with Gasteiger partial charge in [-0.05, 0) is 109 Å². The van der Waals surface area contributed by atoms with Gasteiger partial charge in [0.05, 0.1) is 33.8 Å². The number of rotatable bonds is 62. The first kappa shape index (κ1) is 79.9. The maximum Gasteiger partial charge on any atom is 0.306 e. The summed E-state index contributed by atoms with van der Waals surface area (Å²) >= 11 is 0.